The van der Waals surface area contributed by atoms with Crippen LogP contribution >= 0.6 is 0 Å². The van der Waals surface area contributed by atoms with E-state index in [4.69, 9.17) is 0 Å². The second kappa shape index (κ2) is 22.4. The Morgan fingerprint density at radius 1 is 0.222 bits per heavy atom. The summed E-state index contributed by atoms with van der Waals surface area (Å²) in [7, 11) is 0. The van der Waals surface area contributed by atoms with Crippen LogP contribution < -0.4 is 0 Å². The quantitative estimate of drug-likeness (QED) is 0.167. The highest BCUT2D eigenvalue weighted by atomic mass is 15.0. The molecule has 108 heavy (non-hydrogen) atoms. The van der Waals surface area contributed by atoms with Gasteiger partial charge < -0.3 is 18.3 Å². The van der Waals surface area contributed by atoms with Crippen molar-refractivity contribution in [3.05, 3.63) is 326 Å². The second-order valence-corrected chi connectivity index (χ2v) is 33.7. The molecule has 10 aliphatic carbocycles. The van der Waals surface area contributed by atoms with Crippen LogP contribution in [0.1, 0.15) is 86.5 Å². The van der Waals surface area contributed by atoms with Gasteiger partial charge >= 0.3 is 0 Å². The minimum Gasteiger partial charge on any atom is -0.309 e. The van der Waals surface area contributed by atoms with Crippen molar-refractivity contribution in [1.82, 2.24) is 28.2 Å². The summed E-state index contributed by atoms with van der Waals surface area (Å²) in [4.78, 5) is 8.72. The first kappa shape index (κ1) is 60.3. The van der Waals surface area contributed by atoms with Gasteiger partial charge in [0.25, 0.3) is 0 Å². The van der Waals surface area contributed by atoms with Gasteiger partial charge in [-0.15, -0.1) is 0 Å². The van der Waals surface area contributed by atoms with Gasteiger partial charge in [-0.2, -0.15) is 0 Å². The summed E-state index contributed by atoms with van der Waals surface area (Å²) in [5.74, 6) is 6.75. The lowest BCUT2D eigenvalue weighted by Crippen LogP contribution is -2.55. The number of hydrogen-bond acceptors (Lipinski definition) is 2. The van der Waals surface area contributed by atoms with Gasteiger partial charge in [0.2, 0.25) is 0 Å². The van der Waals surface area contributed by atoms with Crippen molar-refractivity contribution in [3.63, 3.8) is 0 Å². The standard InChI is InChI=1S/2C51H39N3/c1-4-12-45-39(9-1)40-18-17-37(29-46(40)51(45)35-23-31-22-32(25-35)26-36(51)24-31)53-47-13-5-2-10-41(47)43-27-33(15-19-49(43)53)34-16-20-50-44(28-34)42-11-3-6-14-48(42)54(50)38-8-7-21-52-30-38;1-4-10-45-39(7-1)40-16-15-38(30-46(40)51(45)35-24-31-23-32(26-35)27-36(51)25-31)54-48-12-6-3-9-42(48)44-29-34(14-18-50(44)54)33-13-17-49-43(28-33)41-8-2-5-11-47(41)53(49)37-19-21-52-22-20-37/h1-21,27-32,35-36H,22-26H2;1-22,28-32,35-36H,23-27H2. The molecule has 6 heterocycles. The van der Waals surface area contributed by atoms with E-state index in [2.05, 4.69) is 301 Å². The van der Waals surface area contributed by atoms with Gasteiger partial charge in [0.05, 0.1) is 56.0 Å². The maximum Gasteiger partial charge on any atom is 0.0645 e. The number of hydrogen-bond donors (Lipinski definition) is 0. The molecule has 12 aromatic carbocycles. The zero-order valence-electron chi connectivity index (χ0n) is 60.2. The normalized spacial score (nSPS) is 23.6. The molecule has 0 aliphatic heterocycles. The Hall–Kier alpha value is -11.9. The van der Waals surface area contributed by atoms with Crippen molar-refractivity contribution in [2.75, 3.05) is 0 Å². The lowest BCUT2D eigenvalue weighted by molar-refractivity contribution is -0.0399. The number of pyridine rings is 2. The summed E-state index contributed by atoms with van der Waals surface area (Å²) >= 11 is 0. The van der Waals surface area contributed by atoms with Crippen LogP contribution in [0.2, 0.25) is 0 Å². The van der Waals surface area contributed by atoms with E-state index < -0.39 is 0 Å². The maximum absolute atomic E-state index is 4.44. The third kappa shape index (κ3) is 8.17. The Morgan fingerprint density at radius 2 is 0.546 bits per heavy atom. The Bertz CT molecular complexity index is 6390. The fraction of sp³-hybridized carbons (Fsp3) is 0.196. The van der Waals surface area contributed by atoms with Crippen LogP contribution in [-0.4, -0.2) is 28.2 Å². The molecule has 10 aliphatic rings. The zero-order chi connectivity index (χ0) is 70.2. The summed E-state index contributed by atoms with van der Waals surface area (Å²) < 4.78 is 9.79. The van der Waals surface area contributed by atoms with E-state index in [0.29, 0.717) is 0 Å². The fourth-order valence-electron chi connectivity index (χ4n) is 25.3. The number of benzene rings is 12. The molecule has 6 aromatic heterocycles. The molecular weight excluding hydrogens is 1310 g/mol. The Kier molecular flexibility index (Phi) is 12.5. The van der Waals surface area contributed by atoms with Crippen LogP contribution in [0.25, 0.3) is 154 Å². The zero-order valence-corrected chi connectivity index (χ0v) is 60.2. The Morgan fingerprint density at radius 3 is 0.917 bits per heavy atom. The third-order valence-corrected chi connectivity index (χ3v) is 28.8. The van der Waals surface area contributed by atoms with Crippen molar-refractivity contribution in [2.24, 2.45) is 47.3 Å². The molecule has 18 aromatic rings. The van der Waals surface area contributed by atoms with Crippen molar-refractivity contribution in [2.45, 2.75) is 75.0 Å². The number of para-hydroxylation sites is 4. The molecule has 6 heteroatoms. The average Bonchev–Trinajstić information content (AvgIpc) is 1.49. The molecule has 0 amide bonds. The van der Waals surface area contributed by atoms with E-state index in [1.54, 1.807) is 22.3 Å². The van der Waals surface area contributed by atoms with E-state index >= 15 is 0 Å². The SMILES string of the molecule is c1ccc2c(c1)-c1ccc(-n3c4ccccc4c4cc(-c5ccc6c(c5)c5ccccc5n6-c5ccncc5)ccc43)cc1C21C2CC3CC(C2)CC1C3.c1cncc(-n2c3ccccc3c3cc(-c4ccc5c(c4)c4ccccc4n5-c4ccc5c(c4)C4(c6ccccc6-5)C5CC6CC(C5)CC4C6)ccc32)c1. The molecule has 6 nitrogen and oxygen atoms in total. The summed E-state index contributed by atoms with van der Waals surface area (Å²) in [5, 5.41) is 10.2. The lowest BCUT2D eigenvalue weighted by atomic mass is 9.43. The molecular formula is C102H78N6. The number of fused-ring (bicyclic) bond motifs is 18. The van der Waals surface area contributed by atoms with Crippen LogP contribution in [0.15, 0.2) is 304 Å². The monoisotopic (exact) mass is 1390 g/mol. The third-order valence-electron chi connectivity index (χ3n) is 28.8. The molecule has 0 atom stereocenters. The molecule has 0 saturated heterocycles. The Labute approximate surface area is 627 Å². The topological polar surface area (TPSA) is 45.5 Å². The predicted octanol–water partition coefficient (Wildman–Crippen LogP) is 25.3. The Balaban J connectivity index is 0.000000124. The van der Waals surface area contributed by atoms with Gasteiger partial charge in [-0.25, -0.2) is 0 Å². The number of nitrogens with zero attached hydrogens (tertiary/aromatic N) is 6. The van der Waals surface area contributed by atoms with E-state index in [1.165, 1.54) is 207 Å². The summed E-state index contributed by atoms with van der Waals surface area (Å²) in [6.07, 6.45) is 21.7. The molecule has 516 valence electrons. The molecule has 28 rings (SSSR count). The van der Waals surface area contributed by atoms with Crippen molar-refractivity contribution >= 4 is 87.2 Å². The van der Waals surface area contributed by atoms with Crippen LogP contribution in [-0.2, 0) is 10.8 Å². The van der Waals surface area contributed by atoms with Crippen molar-refractivity contribution < 1.29 is 0 Å². The van der Waals surface area contributed by atoms with Crippen LogP contribution in [0.4, 0.5) is 0 Å². The van der Waals surface area contributed by atoms with Gasteiger partial charge in [0.1, 0.15) is 0 Å². The van der Waals surface area contributed by atoms with Crippen LogP contribution in [0.5, 0.6) is 0 Å². The van der Waals surface area contributed by atoms with Gasteiger partial charge in [0.15, 0.2) is 0 Å². The predicted molar refractivity (Wildman–Crippen MR) is 443 cm³/mol. The first-order valence-corrected chi connectivity index (χ1v) is 39.9. The van der Waals surface area contributed by atoms with E-state index in [0.717, 1.165) is 58.7 Å². The molecule has 0 N–H and O–H groups in total. The van der Waals surface area contributed by atoms with Gasteiger partial charge in [0, 0.05) is 89.6 Å². The first-order chi connectivity index (χ1) is 53.5. The van der Waals surface area contributed by atoms with Crippen molar-refractivity contribution in [1.29, 1.82) is 0 Å². The lowest BCUT2D eigenvalue weighted by Gasteiger charge is -2.61. The molecule has 0 radical (unpaired) electrons. The highest BCUT2D eigenvalue weighted by Crippen LogP contribution is 2.71. The van der Waals surface area contributed by atoms with Crippen molar-refractivity contribution in [3.8, 4) is 67.3 Å². The highest BCUT2D eigenvalue weighted by molar-refractivity contribution is 6.15. The molecule has 2 spiro atoms. The first-order valence-electron chi connectivity index (χ1n) is 39.9. The van der Waals surface area contributed by atoms with Gasteiger partial charge in [-0.3, -0.25) is 9.97 Å². The molecule has 0 unspecified atom stereocenters. The van der Waals surface area contributed by atoms with Gasteiger partial charge in [-0.1, -0.05) is 158 Å². The number of aromatic nitrogens is 6. The smallest absolute Gasteiger partial charge is 0.0645 e. The minimum atomic E-state index is 0.153. The highest BCUT2D eigenvalue weighted by Gasteiger charge is 2.63. The maximum atomic E-state index is 4.44. The average molecular weight is 1390 g/mol. The molecule has 8 bridgehead atoms. The van der Waals surface area contributed by atoms with E-state index in [-0.39, 0.29) is 10.8 Å². The van der Waals surface area contributed by atoms with E-state index in [9.17, 15) is 0 Å². The summed E-state index contributed by atoms with van der Waals surface area (Å²) in [6, 6.07) is 106. The fourth-order valence-corrected chi connectivity index (χ4v) is 25.3. The summed E-state index contributed by atoms with van der Waals surface area (Å²) in [5.41, 5.74) is 32.3. The number of rotatable bonds is 6. The second-order valence-electron chi connectivity index (χ2n) is 33.7. The largest absolute Gasteiger partial charge is 0.309 e. The van der Waals surface area contributed by atoms with Gasteiger partial charge in [-0.05, 0) is 300 Å². The summed E-state index contributed by atoms with van der Waals surface area (Å²) in [6.45, 7) is 0. The van der Waals surface area contributed by atoms with Crippen LogP contribution in [0, 0.1) is 47.3 Å². The van der Waals surface area contributed by atoms with Crippen LogP contribution in [0.3, 0.4) is 0 Å². The minimum absolute atomic E-state index is 0.153. The molecule has 8 fully saturated rings. The molecule has 8 saturated carbocycles. The van der Waals surface area contributed by atoms with E-state index in [1.807, 2.05) is 30.9 Å².